The van der Waals surface area contributed by atoms with Gasteiger partial charge in [0.2, 0.25) is 10.5 Å². The lowest BCUT2D eigenvalue weighted by Gasteiger charge is -2.46. The van der Waals surface area contributed by atoms with E-state index in [1.165, 1.54) is 0 Å². The molecule has 2 atom stereocenters. The van der Waals surface area contributed by atoms with Crippen molar-refractivity contribution in [1.29, 1.82) is 0 Å². The molecule has 45 heavy (non-hydrogen) atoms. The molecule has 0 heterocycles. The number of benzene rings is 2. The Morgan fingerprint density at radius 3 is 1.73 bits per heavy atom. The van der Waals surface area contributed by atoms with Crippen molar-refractivity contribution in [3.8, 4) is 11.5 Å². The van der Waals surface area contributed by atoms with E-state index in [0.29, 0.717) is 22.9 Å². The summed E-state index contributed by atoms with van der Waals surface area (Å²) in [4.78, 5) is 0. The Bertz CT molecular complexity index is 1080. The third-order valence-electron chi connectivity index (χ3n) is 6.39. The molecule has 10 radical (unpaired) electrons. The average molecular weight is 755 g/mol. The molecule has 11 nitrogen and oxygen atoms in total. The smallest absolute Gasteiger partial charge is 0.412 e. The minimum atomic E-state index is -2.95. The molecule has 2 unspecified atom stereocenters. The largest absolute Gasteiger partial charge is 0.491 e. The fourth-order valence-electron chi connectivity index (χ4n) is 4.98. The lowest BCUT2D eigenvalue weighted by molar-refractivity contribution is 0.174. The van der Waals surface area contributed by atoms with E-state index >= 15 is 0 Å². The molecule has 0 bridgehead atoms. The summed E-state index contributed by atoms with van der Waals surface area (Å²) in [5.41, 5.74) is 13.0. The number of hydrogen-bond donors (Lipinski definition) is 2. The van der Waals surface area contributed by atoms with Gasteiger partial charge in [0.25, 0.3) is 8.32 Å². The summed E-state index contributed by atoms with van der Waals surface area (Å²) >= 11 is 0. The molecule has 246 valence electrons. The van der Waals surface area contributed by atoms with Crippen molar-refractivity contribution in [2.45, 2.75) is 90.3 Å². The molecule has 0 spiro atoms. The van der Waals surface area contributed by atoms with E-state index in [1.807, 2.05) is 68.2 Å². The number of nitrogen functional groups attached to an aromatic ring is 2. The summed E-state index contributed by atoms with van der Waals surface area (Å²) in [6, 6.07) is 15.1. The monoisotopic (exact) mass is 754 g/mol. The summed E-state index contributed by atoms with van der Waals surface area (Å²) in [7, 11) is -7.79. The van der Waals surface area contributed by atoms with Crippen LogP contribution < -0.4 is 20.9 Å². The van der Waals surface area contributed by atoms with Crippen LogP contribution in [0.5, 0.6) is 11.5 Å². The first-order valence-electron chi connectivity index (χ1n) is 14.8. The molecule has 0 saturated heterocycles. The Balaban J connectivity index is 2.35. The predicted octanol–water partition coefficient (Wildman–Crippen LogP) is 4.62. The minimum absolute atomic E-state index is 0.144. The van der Waals surface area contributed by atoms with Gasteiger partial charge < -0.3 is 49.7 Å². The number of hydrogen-bond acceptors (Lipinski definition) is 11. The van der Waals surface area contributed by atoms with Crippen LogP contribution in [0.2, 0.25) is 39.3 Å². The number of rotatable bonds is 23. The number of nitrogens with two attached hydrogens (primary N) is 2. The maximum absolute atomic E-state index is 7.33. The van der Waals surface area contributed by atoms with Crippen LogP contribution in [-0.2, 0) is 28.8 Å². The van der Waals surface area contributed by atoms with E-state index in [0.717, 1.165) is 25.7 Å². The summed E-state index contributed by atoms with van der Waals surface area (Å²) in [5, 5.41) is 0. The number of anilines is 2. The maximum atomic E-state index is 7.33. The van der Waals surface area contributed by atoms with Crippen LogP contribution in [0.25, 0.3) is 0 Å². The fraction of sp³-hybridized carbons (Fsp3) is 0.538. The zero-order valence-corrected chi connectivity index (χ0v) is 35.4. The van der Waals surface area contributed by atoms with E-state index < -0.39 is 34.7 Å². The Morgan fingerprint density at radius 1 is 0.756 bits per heavy atom. The molecular weight excluding hydrogens is 709 g/mol. The molecule has 0 aromatic heterocycles. The molecule has 4 N–H and O–H groups in total. The van der Waals surface area contributed by atoms with Gasteiger partial charge in [-0.05, 0) is 76.4 Å². The van der Waals surface area contributed by atoms with Crippen molar-refractivity contribution in [2.24, 2.45) is 0 Å². The summed E-state index contributed by atoms with van der Waals surface area (Å²) in [6.45, 7) is 16.6. The molecule has 0 amide bonds. The van der Waals surface area contributed by atoms with Crippen molar-refractivity contribution in [3.63, 3.8) is 0 Å². The molecule has 0 aliphatic rings. The second kappa shape index (κ2) is 19.8. The zero-order valence-electron chi connectivity index (χ0n) is 27.4. The molecule has 2 rings (SSSR count). The summed E-state index contributed by atoms with van der Waals surface area (Å²) < 4.78 is 55.1. The minimum Gasteiger partial charge on any atom is -0.491 e. The van der Waals surface area contributed by atoms with Crippen LogP contribution in [0.15, 0.2) is 48.5 Å². The lowest BCUT2D eigenvalue weighted by atomic mass is 10.3. The second-order valence-electron chi connectivity index (χ2n) is 11.4. The highest BCUT2D eigenvalue weighted by molar-refractivity contribution is 6.88. The molecule has 0 aliphatic carbocycles. The molecule has 2 aromatic rings. The van der Waals surface area contributed by atoms with Gasteiger partial charge in [-0.1, -0.05) is 38.8 Å². The Hall–Kier alpha value is -0.905. The first kappa shape index (κ1) is 40.3. The topological polar surface area (TPSA) is 135 Å². The summed E-state index contributed by atoms with van der Waals surface area (Å²) in [6.07, 6.45) is 3.37. The predicted molar refractivity (Wildman–Crippen MR) is 189 cm³/mol. The first-order valence-corrected chi connectivity index (χ1v) is 27.6. The SMILES string of the molecule is CCCC(Oc1cccc(N)c1)[Si](C)(O[Si](C)(C)O[Si](C)(C)O[Si](C)O[Si]O[Si]O[Si]O[Si])C(CCC)Oc1cccc(N)c1. The highest BCUT2D eigenvalue weighted by Crippen LogP contribution is 2.34. The van der Waals surface area contributed by atoms with Crippen molar-refractivity contribution in [1.82, 2.24) is 0 Å². The van der Waals surface area contributed by atoms with Gasteiger partial charge in [-0.15, -0.1) is 0 Å². The number of ether oxygens (including phenoxy) is 2. The van der Waals surface area contributed by atoms with E-state index in [4.69, 9.17) is 45.6 Å². The normalized spacial score (nSPS) is 15.1. The van der Waals surface area contributed by atoms with Crippen LogP contribution in [0.4, 0.5) is 11.4 Å². The van der Waals surface area contributed by atoms with Gasteiger partial charge in [-0.3, -0.25) is 0 Å². The zero-order chi connectivity index (χ0) is 33.5. The molecule has 0 fully saturated rings. The van der Waals surface area contributed by atoms with E-state index in [1.54, 1.807) is 0 Å². The lowest BCUT2D eigenvalue weighted by Crippen LogP contribution is -2.67. The van der Waals surface area contributed by atoms with E-state index in [2.05, 4.69) is 48.1 Å². The van der Waals surface area contributed by atoms with Crippen LogP contribution in [-0.4, -0.2) is 86.7 Å². The molecular formula is C26H46N2O9Si8. The van der Waals surface area contributed by atoms with Crippen LogP contribution >= 0.6 is 0 Å². The standard InChI is InChI=1S/C26H46N2O9Si8/c1-9-13-25(29-23-17-11-15-21(27)19-23)45(8,26(14-10-2)30-24-18-12-16-22(28)20-24)37-44(6,7)36-43(4,5)35-42(3)34-41-33-40-32-39-31-38/h11-12,15-20,25-26H,9-10,13-14,27-28H2,1-8H3. The molecule has 19 heteroatoms. The van der Waals surface area contributed by atoms with Gasteiger partial charge in [0.05, 0.1) is 0 Å². The molecule has 2 aromatic carbocycles. The van der Waals surface area contributed by atoms with E-state index in [-0.39, 0.29) is 41.5 Å². The molecule has 0 saturated carbocycles. The highest BCUT2D eigenvalue weighted by Gasteiger charge is 2.54. The third-order valence-corrected chi connectivity index (χ3v) is 23.7. The van der Waals surface area contributed by atoms with Crippen molar-refractivity contribution < 1.29 is 38.3 Å². The summed E-state index contributed by atoms with van der Waals surface area (Å²) in [5.74, 6) is 1.41. The van der Waals surface area contributed by atoms with Gasteiger partial charge in [0.15, 0.2) is 0 Å². The van der Waals surface area contributed by atoms with Crippen molar-refractivity contribution >= 4 is 86.6 Å². The van der Waals surface area contributed by atoms with Crippen molar-refractivity contribution in [2.75, 3.05) is 11.5 Å². The van der Waals surface area contributed by atoms with Gasteiger partial charge in [-0.2, -0.15) is 0 Å². The Labute approximate surface area is 285 Å². The Morgan fingerprint density at radius 2 is 1.27 bits per heavy atom. The second-order valence-corrected chi connectivity index (χ2v) is 27.8. The van der Waals surface area contributed by atoms with Crippen LogP contribution in [0, 0.1) is 0 Å². The van der Waals surface area contributed by atoms with Gasteiger partial charge in [0, 0.05) is 23.5 Å². The molecule has 0 aliphatic heterocycles. The van der Waals surface area contributed by atoms with Gasteiger partial charge in [-0.25, -0.2) is 0 Å². The van der Waals surface area contributed by atoms with Crippen LogP contribution in [0.3, 0.4) is 0 Å². The maximum Gasteiger partial charge on any atom is 0.412 e. The first-order chi connectivity index (χ1) is 21.2. The van der Waals surface area contributed by atoms with E-state index in [9.17, 15) is 0 Å². The van der Waals surface area contributed by atoms with Crippen LogP contribution in [0.1, 0.15) is 39.5 Å². The van der Waals surface area contributed by atoms with Crippen molar-refractivity contribution in [3.05, 3.63) is 48.5 Å². The van der Waals surface area contributed by atoms with Gasteiger partial charge in [0.1, 0.15) is 23.0 Å². The Kier molecular flexibility index (Phi) is 17.7. The fourth-order valence-corrected chi connectivity index (χ4v) is 24.6. The average Bonchev–Trinajstić information content (AvgIpc) is 2.93. The van der Waals surface area contributed by atoms with Gasteiger partial charge >= 0.3 is 56.4 Å². The quantitative estimate of drug-likeness (QED) is 0.0935. The highest BCUT2D eigenvalue weighted by atomic mass is 28.5. The third kappa shape index (κ3) is 14.8.